The summed E-state index contributed by atoms with van der Waals surface area (Å²) < 4.78 is 5.23. The lowest BCUT2D eigenvalue weighted by Crippen LogP contribution is -2.32. The molecule has 220 valence electrons. The normalized spacial score (nSPS) is 11.1. The maximum atomic E-state index is 12.6. The van der Waals surface area contributed by atoms with Crippen molar-refractivity contribution in [1.29, 1.82) is 0 Å². The van der Waals surface area contributed by atoms with Crippen molar-refractivity contribution < 1.29 is 19.1 Å². The molecule has 2 aromatic carbocycles. The lowest BCUT2D eigenvalue weighted by molar-refractivity contribution is -0.120. The van der Waals surface area contributed by atoms with Crippen molar-refractivity contribution in [1.82, 2.24) is 20.9 Å². The Hall–Kier alpha value is -4.14. The third-order valence-electron chi connectivity index (χ3n) is 6.41. The van der Waals surface area contributed by atoms with Gasteiger partial charge in [0.15, 0.2) is 0 Å². The number of unbranched alkanes of at least 4 members (excludes halogenated alkanes) is 5. The smallest absolute Gasteiger partial charge is 0.407 e. The van der Waals surface area contributed by atoms with E-state index in [9.17, 15) is 14.4 Å². The zero-order valence-corrected chi connectivity index (χ0v) is 24.6. The van der Waals surface area contributed by atoms with Crippen molar-refractivity contribution in [3.05, 3.63) is 65.9 Å². The van der Waals surface area contributed by atoms with Crippen LogP contribution in [0.4, 0.5) is 16.2 Å². The van der Waals surface area contributed by atoms with E-state index in [1.165, 1.54) is 0 Å². The molecule has 0 radical (unpaired) electrons. The van der Waals surface area contributed by atoms with Crippen LogP contribution in [0.25, 0.3) is 10.9 Å². The first-order valence-electron chi connectivity index (χ1n) is 14.4. The molecule has 4 N–H and O–H groups in total. The maximum Gasteiger partial charge on any atom is 0.407 e. The van der Waals surface area contributed by atoms with E-state index in [2.05, 4.69) is 26.3 Å². The molecule has 0 aliphatic carbocycles. The minimum atomic E-state index is -0.478. The third-order valence-corrected chi connectivity index (χ3v) is 6.41. The summed E-state index contributed by atoms with van der Waals surface area (Å²) in [5, 5.41) is 12.6. The SMILES string of the molecule is CNC(=O)c1cnc2ccc(CC(=O)NCCCCCCCCNC(=O)OC(C)(C)C)cc2c1Nc1ccccc1. The van der Waals surface area contributed by atoms with Gasteiger partial charge < -0.3 is 26.0 Å². The molecule has 0 unspecified atom stereocenters. The molecule has 1 aromatic heterocycles. The van der Waals surface area contributed by atoms with Crippen molar-refractivity contribution >= 4 is 40.2 Å². The first-order valence-corrected chi connectivity index (χ1v) is 14.4. The zero-order valence-electron chi connectivity index (χ0n) is 24.6. The summed E-state index contributed by atoms with van der Waals surface area (Å²) in [4.78, 5) is 41.3. The summed E-state index contributed by atoms with van der Waals surface area (Å²) in [6, 6.07) is 15.4. The summed E-state index contributed by atoms with van der Waals surface area (Å²) in [6.07, 6.45) is 7.55. The summed E-state index contributed by atoms with van der Waals surface area (Å²) >= 11 is 0. The number of anilines is 2. The molecule has 3 rings (SSSR count). The third kappa shape index (κ3) is 10.7. The molecule has 0 spiro atoms. The van der Waals surface area contributed by atoms with Crippen LogP contribution in [0.1, 0.15) is 75.2 Å². The Kier molecular flexibility index (Phi) is 11.9. The van der Waals surface area contributed by atoms with Gasteiger partial charge in [0.25, 0.3) is 5.91 Å². The molecule has 41 heavy (non-hydrogen) atoms. The number of benzene rings is 2. The Bertz CT molecular complexity index is 1300. The number of amides is 3. The first kappa shape index (κ1) is 31.4. The van der Waals surface area contributed by atoms with Gasteiger partial charge in [0.2, 0.25) is 5.91 Å². The summed E-state index contributed by atoms with van der Waals surface area (Å²) in [5.74, 6) is -0.274. The number of carbonyl (C=O) groups excluding carboxylic acids is 3. The Morgan fingerprint density at radius 1 is 0.854 bits per heavy atom. The highest BCUT2D eigenvalue weighted by atomic mass is 16.6. The molecular weight excluding hydrogens is 518 g/mol. The van der Waals surface area contributed by atoms with Crippen LogP contribution in [-0.2, 0) is 16.0 Å². The van der Waals surface area contributed by atoms with E-state index in [-0.39, 0.29) is 24.3 Å². The predicted octanol–water partition coefficient (Wildman–Crippen LogP) is 5.86. The highest BCUT2D eigenvalue weighted by Gasteiger charge is 2.17. The number of aromatic nitrogens is 1. The van der Waals surface area contributed by atoms with Crippen molar-refractivity contribution in [3.8, 4) is 0 Å². The minimum absolute atomic E-state index is 0.0365. The van der Waals surface area contributed by atoms with Gasteiger partial charge in [-0.15, -0.1) is 0 Å². The van der Waals surface area contributed by atoms with Crippen molar-refractivity contribution in [2.45, 2.75) is 71.3 Å². The highest BCUT2D eigenvalue weighted by molar-refractivity contribution is 6.08. The quantitative estimate of drug-likeness (QED) is 0.183. The maximum absolute atomic E-state index is 12.6. The molecule has 9 heteroatoms. The van der Waals surface area contributed by atoms with Gasteiger partial charge in [0.05, 0.1) is 23.2 Å². The van der Waals surface area contributed by atoms with Crippen molar-refractivity contribution in [3.63, 3.8) is 0 Å². The Labute approximate surface area is 242 Å². The zero-order chi connectivity index (χ0) is 29.7. The molecule has 0 bridgehead atoms. The van der Waals surface area contributed by atoms with Gasteiger partial charge in [0, 0.05) is 37.4 Å². The fourth-order valence-electron chi connectivity index (χ4n) is 4.39. The number of fused-ring (bicyclic) bond motifs is 1. The van der Waals surface area contributed by atoms with E-state index in [1.54, 1.807) is 13.2 Å². The molecule has 0 aliphatic heterocycles. The molecular formula is C32H43N5O4. The number of alkyl carbamates (subject to hydrolysis) is 1. The van der Waals surface area contributed by atoms with Crippen LogP contribution in [0.15, 0.2) is 54.7 Å². The van der Waals surface area contributed by atoms with Gasteiger partial charge in [-0.05, 0) is 63.4 Å². The van der Waals surface area contributed by atoms with E-state index >= 15 is 0 Å². The number of pyridine rings is 1. The number of nitrogens with zero attached hydrogens (tertiary/aromatic N) is 1. The lowest BCUT2D eigenvalue weighted by Gasteiger charge is -2.19. The van der Waals surface area contributed by atoms with E-state index in [0.717, 1.165) is 60.7 Å². The Morgan fingerprint density at radius 2 is 1.51 bits per heavy atom. The molecule has 0 fully saturated rings. The fraction of sp³-hybridized carbons (Fsp3) is 0.438. The molecule has 1 heterocycles. The van der Waals surface area contributed by atoms with Crippen LogP contribution in [-0.4, -0.2) is 48.6 Å². The van der Waals surface area contributed by atoms with Crippen LogP contribution in [0, 0.1) is 0 Å². The average molecular weight is 562 g/mol. The standard InChI is InChI=1S/C32H43N5O4/c1-32(2,3)41-31(40)35-19-13-8-6-5-7-12-18-34-28(38)21-23-16-17-27-25(20-23)29(26(22-36-27)30(39)33-4)37-24-14-10-9-11-15-24/h9-11,14-17,20,22H,5-8,12-13,18-19,21H2,1-4H3,(H,33,39)(H,34,38)(H,35,40)(H,36,37). The molecule has 3 amide bonds. The van der Waals surface area contributed by atoms with Crippen molar-refractivity contribution in [2.75, 3.05) is 25.5 Å². The minimum Gasteiger partial charge on any atom is -0.444 e. The van der Waals surface area contributed by atoms with Gasteiger partial charge in [0.1, 0.15) is 5.60 Å². The second kappa shape index (κ2) is 15.6. The van der Waals surface area contributed by atoms with Crippen LogP contribution in [0.2, 0.25) is 0 Å². The summed E-state index contributed by atoms with van der Waals surface area (Å²) in [5.41, 5.74) is 3.05. The van der Waals surface area contributed by atoms with Crippen LogP contribution in [0.5, 0.6) is 0 Å². The van der Waals surface area contributed by atoms with Crippen LogP contribution < -0.4 is 21.3 Å². The molecule has 3 aromatic rings. The van der Waals surface area contributed by atoms with Gasteiger partial charge in [-0.1, -0.05) is 49.9 Å². The topological polar surface area (TPSA) is 121 Å². The number of hydrogen-bond donors (Lipinski definition) is 4. The molecule has 0 saturated heterocycles. The van der Waals surface area contributed by atoms with Gasteiger partial charge in [-0.3, -0.25) is 14.6 Å². The van der Waals surface area contributed by atoms with Gasteiger partial charge in [-0.2, -0.15) is 0 Å². The molecule has 0 atom stereocenters. The average Bonchev–Trinajstić information content (AvgIpc) is 2.93. The lowest BCUT2D eigenvalue weighted by atomic mass is 10.0. The second-order valence-electron chi connectivity index (χ2n) is 11.0. The van der Waals surface area contributed by atoms with E-state index in [1.807, 2.05) is 69.3 Å². The van der Waals surface area contributed by atoms with Crippen LogP contribution in [0.3, 0.4) is 0 Å². The summed E-state index contributed by atoms with van der Waals surface area (Å²) in [7, 11) is 1.59. The number of ether oxygens (including phenoxy) is 1. The Morgan fingerprint density at radius 3 is 2.17 bits per heavy atom. The molecule has 0 saturated carbocycles. The monoisotopic (exact) mass is 561 g/mol. The largest absolute Gasteiger partial charge is 0.444 e. The first-order chi connectivity index (χ1) is 19.7. The number of hydrogen-bond acceptors (Lipinski definition) is 6. The predicted molar refractivity (Wildman–Crippen MR) is 164 cm³/mol. The highest BCUT2D eigenvalue weighted by Crippen LogP contribution is 2.30. The fourth-order valence-corrected chi connectivity index (χ4v) is 4.39. The van der Waals surface area contributed by atoms with Crippen molar-refractivity contribution in [2.24, 2.45) is 0 Å². The molecule has 0 aliphatic rings. The van der Waals surface area contributed by atoms with E-state index in [0.29, 0.717) is 24.3 Å². The van der Waals surface area contributed by atoms with Gasteiger partial charge >= 0.3 is 6.09 Å². The molecule has 9 nitrogen and oxygen atoms in total. The van der Waals surface area contributed by atoms with Gasteiger partial charge in [-0.25, -0.2) is 4.79 Å². The van der Waals surface area contributed by atoms with Crippen LogP contribution >= 0.6 is 0 Å². The Balaban J connectivity index is 1.44. The summed E-state index contributed by atoms with van der Waals surface area (Å²) in [6.45, 7) is 6.80. The number of carbonyl (C=O) groups is 3. The number of nitrogens with one attached hydrogen (secondary N) is 4. The number of para-hydroxylation sites is 1. The van der Waals surface area contributed by atoms with E-state index < -0.39 is 5.60 Å². The van der Waals surface area contributed by atoms with E-state index in [4.69, 9.17) is 4.74 Å². The number of rotatable bonds is 14. The second-order valence-corrected chi connectivity index (χ2v) is 11.0.